The number of hydrogen-bond acceptors (Lipinski definition) is 6. The quantitative estimate of drug-likeness (QED) is 0.409. The van der Waals surface area contributed by atoms with Crippen molar-refractivity contribution in [3.8, 4) is 5.75 Å². The number of benzene rings is 1. The third kappa shape index (κ3) is 4.79. The van der Waals surface area contributed by atoms with Gasteiger partial charge in [-0.15, -0.1) is 0 Å². The van der Waals surface area contributed by atoms with Crippen molar-refractivity contribution in [2.45, 2.75) is 13.5 Å². The highest BCUT2D eigenvalue weighted by atomic mass is 35.5. The second-order valence-electron chi connectivity index (χ2n) is 7.34. The highest BCUT2D eigenvalue weighted by Gasteiger charge is 2.22. The van der Waals surface area contributed by atoms with Crippen LogP contribution in [0.5, 0.6) is 5.75 Å². The number of nitrogens with zero attached hydrogens (tertiary/aromatic N) is 4. The van der Waals surface area contributed by atoms with Crippen molar-refractivity contribution in [3.63, 3.8) is 0 Å². The molecule has 0 atom stereocenters. The highest BCUT2D eigenvalue weighted by molar-refractivity contribution is 6.32. The first-order chi connectivity index (χ1) is 16.2. The molecule has 0 saturated heterocycles. The molecule has 2 amide bonds. The molecule has 0 bridgehead atoms. The normalized spacial score (nSPS) is 10.9. The topological polar surface area (TPSA) is 116 Å². The molecule has 12 heteroatoms. The van der Waals surface area contributed by atoms with Gasteiger partial charge < -0.3 is 19.8 Å². The number of aromatic nitrogens is 4. The summed E-state index contributed by atoms with van der Waals surface area (Å²) < 4.78 is 27.2. The Morgan fingerprint density at radius 3 is 2.47 bits per heavy atom. The van der Waals surface area contributed by atoms with Crippen LogP contribution in [0.25, 0.3) is 0 Å². The van der Waals surface area contributed by atoms with Gasteiger partial charge in [-0.2, -0.15) is 10.2 Å². The van der Waals surface area contributed by atoms with Gasteiger partial charge in [0.2, 0.25) is 0 Å². The maximum absolute atomic E-state index is 13.2. The summed E-state index contributed by atoms with van der Waals surface area (Å²) in [5, 5.41) is 13.7. The molecule has 3 aromatic heterocycles. The molecule has 0 aliphatic heterocycles. The lowest BCUT2D eigenvalue weighted by Crippen LogP contribution is -2.20. The number of aryl methyl sites for hydroxylation is 2. The molecular weight excluding hydrogens is 467 g/mol. The van der Waals surface area contributed by atoms with Crippen molar-refractivity contribution in [2.24, 2.45) is 14.1 Å². The van der Waals surface area contributed by atoms with Gasteiger partial charge in [0.25, 0.3) is 11.8 Å². The standard InChI is InChI=1S/C22H20ClFN6O4/c1-12-16(9-25-29(12)2)27-22(32)20-17(10-26-30(20)3)28-21(31)19-7-5-14(34-19)11-33-18-6-4-13(24)8-15(18)23/h4-10H,11H2,1-3H3,(H,27,32)(H,28,31). The van der Waals surface area contributed by atoms with Gasteiger partial charge in [-0.3, -0.25) is 19.0 Å². The van der Waals surface area contributed by atoms with Gasteiger partial charge in [-0.1, -0.05) is 11.6 Å². The summed E-state index contributed by atoms with van der Waals surface area (Å²) in [4.78, 5) is 25.5. The first-order valence-electron chi connectivity index (χ1n) is 10.0. The van der Waals surface area contributed by atoms with Crippen molar-refractivity contribution >= 4 is 34.8 Å². The van der Waals surface area contributed by atoms with Gasteiger partial charge in [-0.25, -0.2) is 4.39 Å². The molecule has 0 saturated carbocycles. The van der Waals surface area contributed by atoms with Crippen LogP contribution in [-0.2, 0) is 20.7 Å². The number of furan rings is 1. The predicted octanol–water partition coefficient (Wildman–Crippen LogP) is 3.93. The molecule has 34 heavy (non-hydrogen) atoms. The summed E-state index contributed by atoms with van der Waals surface area (Å²) in [5.74, 6) is -0.890. The van der Waals surface area contributed by atoms with Crippen LogP contribution in [0.15, 0.2) is 47.1 Å². The maximum atomic E-state index is 13.2. The van der Waals surface area contributed by atoms with Crippen LogP contribution in [0.4, 0.5) is 15.8 Å². The molecule has 4 aromatic rings. The van der Waals surface area contributed by atoms with E-state index in [1.807, 2.05) is 6.92 Å². The van der Waals surface area contributed by atoms with E-state index in [-0.39, 0.29) is 34.5 Å². The minimum atomic E-state index is -0.578. The third-order valence-corrected chi connectivity index (χ3v) is 5.33. The highest BCUT2D eigenvalue weighted by Crippen LogP contribution is 2.26. The van der Waals surface area contributed by atoms with Crippen LogP contribution < -0.4 is 15.4 Å². The number of carbonyl (C=O) groups excluding carboxylic acids is 2. The van der Waals surface area contributed by atoms with E-state index in [1.54, 1.807) is 24.8 Å². The van der Waals surface area contributed by atoms with Gasteiger partial charge in [0.1, 0.15) is 29.6 Å². The second-order valence-corrected chi connectivity index (χ2v) is 7.74. The average molecular weight is 487 g/mol. The number of amides is 2. The Bertz CT molecular complexity index is 1380. The fourth-order valence-electron chi connectivity index (χ4n) is 3.10. The zero-order valence-corrected chi connectivity index (χ0v) is 19.2. The molecule has 10 nitrogen and oxygen atoms in total. The Labute approximate surface area is 198 Å². The largest absolute Gasteiger partial charge is 0.484 e. The number of anilines is 2. The Morgan fingerprint density at radius 2 is 1.76 bits per heavy atom. The molecule has 0 fully saturated rings. The fraction of sp³-hybridized carbons (Fsp3) is 0.182. The SMILES string of the molecule is Cc1c(NC(=O)c2c(NC(=O)c3ccc(COc4ccc(F)cc4Cl)o3)cnn2C)cnn1C. The van der Waals surface area contributed by atoms with Gasteiger partial charge in [0, 0.05) is 14.1 Å². The molecule has 0 unspecified atom stereocenters. The zero-order valence-electron chi connectivity index (χ0n) is 18.4. The van der Waals surface area contributed by atoms with E-state index in [9.17, 15) is 14.0 Å². The molecule has 176 valence electrons. The molecule has 0 aliphatic carbocycles. The Balaban J connectivity index is 1.43. The van der Waals surface area contributed by atoms with Crippen LogP contribution >= 0.6 is 11.6 Å². The molecule has 0 spiro atoms. The van der Waals surface area contributed by atoms with Crippen LogP contribution in [0.2, 0.25) is 5.02 Å². The minimum Gasteiger partial charge on any atom is -0.484 e. The van der Waals surface area contributed by atoms with Crippen molar-refractivity contribution in [1.29, 1.82) is 0 Å². The van der Waals surface area contributed by atoms with Crippen molar-refractivity contribution in [3.05, 3.63) is 76.5 Å². The van der Waals surface area contributed by atoms with Crippen molar-refractivity contribution in [2.75, 3.05) is 10.6 Å². The summed E-state index contributed by atoms with van der Waals surface area (Å²) in [6, 6.07) is 6.79. The lowest BCUT2D eigenvalue weighted by atomic mass is 10.3. The first kappa shape index (κ1) is 23.1. The molecule has 0 aliphatic rings. The lowest BCUT2D eigenvalue weighted by Gasteiger charge is -2.08. The van der Waals surface area contributed by atoms with Gasteiger partial charge in [0.15, 0.2) is 5.76 Å². The number of hydrogen-bond donors (Lipinski definition) is 2. The summed E-state index contributed by atoms with van der Waals surface area (Å²) in [5.41, 5.74) is 1.67. The van der Waals surface area contributed by atoms with E-state index in [0.717, 1.165) is 11.8 Å². The molecule has 1 aromatic carbocycles. The average Bonchev–Trinajstić information content (AvgIpc) is 3.49. The molecule has 4 rings (SSSR count). The number of carbonyl (C=O) groups is 2. The monoisotopic (exact) mass is 486 g/mol. The zero-order chi connectivity index (χ0) is 24.4. The Morgan fingerprint density at radius 1 is 1.06 bits per heavy atom. The van der Waals surface area contributed by atoms with Crippen LogP contribution in [0.3, 0.4) is 0 Å². The lowest BCUT2D eigenvalue weighted by molar-refractivity contribution is 0.0992. The predicted molar refractivity (Wildman–Crippen MR) is 122 cm³/mol. The van der Waals surface area contributed by atoms with Gasteiger partial charge in [-0.05, 0) is 37.3 Å². The maximum Gasteiger partial charge on any atom is 0.291 e. The van der Waals surface area contributed by atoms with E-state index in [4.69, 9.17) is 20.8 Å². The Kier molecular flexibility index (Phi) is 6.37. The van der Waals surface area contributed by atoms with Crippen molar-refractivity contribution < 1.29 is 23.1 Å². The van der Waals surface area contributed by atoms with Crippen LogP contribution in [0, 0.1) is 12.7 Å². The summed E-state index contributed by atoms with van der Waals surface area (Å²) >= 11 is 5.94. The molecular formula is C22H20ClFN6O4. The van der Waals surface area contributed by atoms with E-state index in [0.29, 0.717) is 11.4 Å². The third-order valence-electron chi connectivity index (χ3n) is 5.03. The van der Waals surface area contributed by atoms with Crippen molar-refractivity contribution in [1.82, 2.24) is 19.6 Å². The smallest absolute Gasteiger partial charge is 0.291 e. The van der Waals surface area contributed by atoms with Crippen LogP contribution in [0.1, 0.15) is 32.5 Å². The molecule has 3 heterocycles. The number of rotatable bonds is 7. The van der Waals surface area contributed by atoms with E-state index in [1.165, 1.54) is 35.3 Å². The number of nitrogens with one attached hydrogen (secondary N) is 2. The summed E-state index contributed by atoms with van der Waals surface area (Å²) in [6.45, 7) is 1.79. The van der Waals surface area contributed by atoms with Crippen LogP contribution in [-0.4, -0.2) is 31.4 Å². The Hall–Kier alpha value is -4.12. The second kappa shape index (κ2) is 9.40. The number of halogens is 2. The first-order valence-corrected chi connectivity index (χ1v) is 10.4. The number of ether oxygens (including phenoxy) is 1. The molecule has 2 N–H and O–H groups in total. The van der Waals surface area contributed by atoms with E-state index in [2.05, 4.69) is 20.8 Å². The van der Waals surface area contributed by atoms with Gasteiger partial charge >= 0.3 is 0 Å². The summed E-state index contributed by atoms with van der Waals surface area (Å²) in [7, 11) is 3.35. The minimum absolute atomic E-state index is 0.00196. The van der Waals surface area contributed by atoms with Gasteiger partial charge in [0.05, 0.1) is 34.5 Å². The molecule has 0 radical (unpaired) electrons. The summed E-state index contributed by atoms with van der Waals surface area (Å²) in [6.07, 6.45) is 2.90. The van der Waals surface area contributed by atoms with E-state index < -0.39 is 17.6 Å². The van der Waals surface area contributed by atoms with E-state index >= 15 is 0 Å². The fourth-order valence-corrected chi connectivity index (χ4v) is 3.33.